The first kappa shape index (κ1) is 27.4. The van der Waals surface area contributed by atoms with Crippen LogP contribution in [0.25, 0.3) is 21.9 Å². The molecule has 0 aliphatic carbocycles. The first-order chi connectivity index (χ1) is 18.8. The molecule has 5 rings (SSSR count). The normalized spacial score (nSPS) is 12.1. The summed E-state index contributed by atoms with van der Waals surface area (Å²) in [6.45, 7) is 1.50. The van der Waals surface area contributed by atoms with Crippen molar-refractivity contribution in [2.75, 3.05) is 18.1 Å². The molecule has 2 aromatic carbocycles. The van der Waals surface area contributed by atoms with E-state index in [0.717, 1.165) is 24.7 Å². The molecule has 16 heteroatoms. The molecule has 0 bridgehead atoms. The largest absolute Gasteiger partial charge is 0.432 e. The van der Waals surface area contributed by atoms with E-state index in [2.05, 4.69) is 24.9 Å². The number of hydrogen-bond acceptors (Lipinski definition) is 11. The molecule has 0 aliphatic heterocycles. The van der Waals surface area contributed by atoms with E-state index >= 15 is 0 Å². The standard InChI is InChI=1S/C24H22BFN6O6S2/c1-25(33)32(2)18-10-15(26)9-17-19-21(29-20(17)18)30-23(38-16-11-27-24(28-12-16)39(3,34)35)31-22(19)40(36,37)13-14-7-5-4-6-8-14/h4-12,33H,13H2,1-3H3,(H,29,30,31). The van der Waals surface area contributed by atoms with Crippen LogP contribution in [0.5, 0.6) is 11.8 Å². The lowest BCUT2D eigenvalue weighted by atomic mass is 9.85. The summed E-state index contributed by atoms with van der Waals surface area (Å²) in [7, 11) is -7.25. The van der Waals surface area contributed by atoms with Crippen molar-refractivity contribution in [1.29, 1.82) is 0 Å². The smallest absolute Gasteiger partial charge is 0.409 e. The Morgan fingerprint density at radius 1 is 1.07 bits per heavy atom. The van der Waals surface area contributed by atoms with Gasteiger partial charge < -0.3 is 19.6 Å². The molecule has 5 aromatic rings. The number of anilines is 1. The molecule has 2 N–H and O–H groups in total. The molecule has 12 nitrogen and oxygen atoms in total. The van der Waals surface area contributed by atoms with E-state index < -0.39 is 54.5 Å². The summed E-state index contributed by atoms with van der Waals surface area (Å²) in [5.74, 6) is -1.12. The zero-order valence-electron chi connectivity index (χ0n) is 21.4. The van der Waals surface area contributed by atoms with Crippen LogP contribution in [0.4, 0.5) is 10.1 Å². The maximum absolute atomic E-state index is 14.8. The van der Waals surface area contributed by atoms with E-state index in [9.17, 15) is 26.3 Å². The lowest BCUT2D eigenvalue weighted by Crippen LogP contribution is -2.33. The minimum atomic E-state index is -4.15. The quantitative estimate of drug-likeness (QED) is 0.156. The Hall–Kier alpha value is -4.15. The van der Waals surface area contributed by atoms with Gasteiger partial charge in [0.05, 0.1) is 34.7 Å². The van der Waals surface area contributed by atoms with Crippen molar-refractivity contribution in [3.05, 3.63) is 66.2 Å². The Kier molecular flexibility index (Phi) is 6.93. The maximum atomic E-state index is 14.8. The molecule has 0 saturated heterocycles. The number of halogens is 1. The first-order valence-electron chi connectivity index (χ1n) is 11.7. The third-order valence-corrected chi connectivity index (χ3v) is 8.50. The lowest BCUT2D eigenvalue weighted by Gasteiger charge is -2.20. The van der Waals surface area contributed by atoms with Gasteiger partial charge in [0.1, 0.15) is 11.5 Å². The fourth-order valence-corrected chi connectivity index (χ4v) is 6.05. The van der Waals surface area contributed by atoms with Crippen molar-refractivity contribution < 1.29 is 31.0 Å². The summed E-state index contributed by atoms with van der Waals surface area (Å²) in [4.78, 5) is 20.4. The van der Waals surface area contributed by atoms with Crippen molar-refractivity contribution in [2.24, 2.45) is 0 Å². The van der Waals surface area contributed by atoms with E-state index in [0.29, 0.717) is 11.1 Å². The van der Waals surface area contributed by atoms with Crippen molar-refractivity contribution in [3.8, 4) is 11.8 Å². The van der Waals surface area contributed by atoms with Gasteiger partial charge in [-0.25, -0.2) is 31.2 Å². The third-order valence-electron chi connectivity index (χ3n) is 6.03. The van der Waals surface area contributed by atoms with E-state index in [1.165, 1.54) is 17.7 Å². The Morgan fingerprint density at radius 3 is 2.38 bits per heavy atom. The summed E-state index contributed by atoms with van der Waals surface area (Å²) in [5.41, 5.74) is 1.12. The van der Waals surface area contributed by atoms with Crippen LogP contribution in [0.1, 0.15) is 5.56 Å². The zero-order chi connectivity index (χ0) is 28.8. The lowest BCUT2D eigenvalue weighted by molar-refractivity contribution is 0.432. The SMILES string of the molecule is CB(O)N(C)c1cc(F)cc2c1[nH]c1nc(Oc3cnc(S(C)(=O)=O)nc3)nc(S(=O)(=O)Cc3ccccc3)c12. The molecule has 3 aromatic heterocycles. The minimum absolute atomic E-state index is 0.0335. The molecule has 206 valence electrons. The Morgan fingerprint density at radius 2 is 1.75 bits per heavy atom. The fraction of sp³-hybridized carbons (Fsp3) is 0.167. The Bertz CT molecular complexity index is 1950. The average Bonchev–Trinajstić information content (AvgIpc) is 3.25. The summed E-state index contributed by atoms with van der Waals surface area (Å²) < 4.78 is 71.2. The molecule has 0 radical (unpaired) electrons. The molecule has 3 heterocycles. The number of sulfone groups is 2. The van der Waals surface area contributed by atoms with Crippen LogP contribution in [0.3, 0.4) is 0 Å². The Labute approximate surface area is 228 Å². The van der Waals surface area contributed by atoms with Crippen LogP contribution < -0.4 is 9.55 Å². The molecule has 0 saturated carbocycles. The van der Waals surface area contributed by atoms with E-state index in [4.69, 9.17) is 4.74 Å². The molecular formula is C24H22BFN6O6S2. The number of nitrogens with one attached hydrogen (secondary N) is 1. The summed E-state index contributed by atoms with van der Waals surface area (Å²) in [6.07, 6.45) is 3.13. The highest BCUT2D eigenvalue weighted by Crippen LogP contribution is 2.37. The molecule has 0 atom stereocenters. The van der Waals surface area contributed by atoms with Gasteiger partial charge in [0.2, 0.25) is 24.8 Å². The molecule has 0 unspecified atom stereocenters. The number of hydrogen-bond donors (Lipinski definition) is 2. The predicted octanol–water partition coefficient (Wildman–Crippen LogP) is 2.76. The van der Waals surface area contributed by atoms with Crippen LogP contribution in [0.2, 0.25) is 6.82 Å². The van der Waals surface area contributed by atoms with Gasteiger partial charge in [-0.2, -0.15) is 9.97 Å². The first-order valence-corrected chi connectivity index (χ1v) is 15.3. The number of ether oxygens (including phenoxy) is 1. The number of rotatable bonds is 8. The average molecular weight is 584 g/mol. The highest BCUT2D eigenvalue weighted by Gasteiger charge is 2.28. The van der Waals surface area contributed by atoms with Crippen molar-refractivity contribution in [1.82, 2.24) is 24.9 Å². The second-order valence-corrected chi connectivity index (χ2v) is 12.9. The van der Waals surface area contributed by atoms with Gasteiger partial charge in [-0.3, -0.25) is 0 Å². The summed E-state index contributed by atoms with van der Waals surface area (Å²) in [6, 6.07) is 10.4. The van der Waals surface area contributed by atoms with E-state index in [1.807, 2.05) is 0 Å². The molecular weight excluding hydrogens is 562 g/mol. The van der Waals surface area contributed by atoms with Gasteiger partial charge in [-0.15, -0.1) is 0 Å². The highest BCUT2D eigenvalue weighted by atomic mass is 32.2. The van der Waals surface area contributed by atoms with E-state index in [-0.39, 0.29) is 27.9 Å². The van der Waals surface area contributed by atoms with Gasteiger partial charge >= 0.3 is 13.1 Å². The van der Waals surface area contributed by atoms with Gasteiger partial charge in [0.25, 0.3) is 0 Å². The monoisotopic (exact) mass is 584 g/mol. The number of aromatic amines is 1. The number of H-pyrrole nitrogens is 1. The topological polar surface area (TPSA) is 168 Å². The molecule has 40 heavy (non-hydrogen) atoms. The van der Waals surface area contributed by atoms with Crippen molar-refractivity contribution >= 4 is 54.3 Å². The van der Waals surface area contributed by atoms with Crippen LogP contribution in [-0.4, -0.2) is 67.1 Å². The van der Waals surface area contributed by atoms with Crippen LogP contribution in [0, 0.1) is 5.82 Å². The number of aromatic nitrogens is 5. The zero-order valence-corrected chi connectivity index (χ0v) is 23.0. The predicted molar refractivity (Wildman–Crippen MR) is 146 cm³/mol. The second-order valence-electron chi connectivity index (χ2n) is 9.07. The second kappa shape index (κ2) is 10.1. The van der Waals surface area contributed by atoms with Gasteiger partial charge in [0.15, 0.2) is 10.8 Å². The van der Waals surface area contributed by atoms with Crippen molar-refractivity contribution in [2.45, 2.75) is 22.8 Å². The van der Waals surface area contributed by atoms with Crippen LogP contribution >= 0.6 is 0 Å². The molecule has 0 spiro atoms. The summed E-state index contributed by atoms with van der Waals surface area (Å²) in [5, 5.41) is 9.52. The fourth-order valence-electron chi connectivity index (χ4n) is 4.06. The number of nitrogens with zero attached hydrogens (tertiary/aromatic N) is 5. The third kappa shape index (κ3) is 5.32. The molecule has 0 fully saturated rings. The number of benzene rings is 2. The van der Waals surface area contributed by atoms with Crippen LogP contribution in [-0.2, 0) is 25.4 Å². The summed E-state index contributed by atoms with van der Waals surface area (Å²) >= 11 is 0. The maximum Gasteiger partial charge on any atom is 0.409 e. The van der Waals surface area contributed by atoms with Crippen LogP contribution in [0.15, 0.2) is 65.0 Å². The molecule has 0 amide bonds. The Balaban J connectivity index is 1.73. The number of fused-ring (bicyclic) bond motifs is 3. The highest BCUT2D eigenvalue weighted by molar-refractivity contribution is 7.91. The molecule has 0 aliphatic rings. The van der Waals surface area contributed by atoms with Gasteiger partial charge in [0, 0.05) is 11.6 Å². The van der Waals surface area contributed by atoms with E-state index in [1.54, 1.807) is 37.4 Å². The van der Waals surface area contributed by atoms with Gasteiger partial charge in [-0.05, 0) is 31.6 Å². The van der Waals surface area contributed by atoms with Crippen molar-refractivity contribution in [3.63, 3.8) is 0 Å². The minimum Gasteiger partial charge on any atom is -0.432 e. The van der Waals surface area contributed by atoms with Gasteiger partial charge in [-0.1, -0.05) is 30.3 Å².